The Balaban J connectivity index is 2.19. The van der Waals surface area contributed by atoms with Gasteiger partial charge in [-0.1, -0.05) is 25.1 Å². The minimum atomic E-state index is 1.02. The van der Waals surface area contributed by atoms with Crippen molar-refractivity contribution in [2.24, 2.45) is 0 Å². The summed E-state index contributed by atoms with van der Waals surface area (Å²) in [6.07, 6.45) is 1.14. The highest BCUT2D eigenvalue weighted by Crippen LogP contribution is 2.25. The molecule has 1 radical (unpaired) electrons. The molecule has 111 valence electrons. The number of hydrogen-bond donors (Lipinski definition) is 1. The van der Waals surface area contributed by atoms with Crippen LogP contribution in [0.3, 0.4) is 0 Å². The van der Waals surface area contributed by atoms with E-state index < -0.39 is 0 Å². The molecule has 1 N–H and O–H groups in total. The molecule has 0 aromatic heterocycles. The van der Waals surface area contributed by atoms with Crippen molar-refractivity contribution in [3.63, 3.8) is 0 Å². The molecule has 0 aliphatic carbocycles. The Bertz CT molecular complexity index is 542. The Morgan fingerprint density at radius 1 is 1.00 bits per heavy atom. The lowest BCUT2D eigenvalue weighted by atomic mass is 10.0. The molecule has 2 aromatic rings. The van der Waals surface area contributed by atoms with Crippen LogP contribution in [0.2, 0.25) is 0 Å². The molecule has 21 heavy (non-hydrogen) atoms. The van der Waals surface area contributed by atoms with E-state index in [0.717, 1.165) is 31.6 Å². The van der Waals surface area contributed by atoms with E-state index in [0.29, 0.717) is 0 Å². The van der Waals surface area contributed by atoms with Crippen LogP contribution in [0, 0.1) is 6.07 Å². The summed E-state index contributed by atoms with van der Waals surface area (Å²) in [4.78, 5) is 2.36. The van der Waals surface area contributed by atoms with Gasteiger partial charge in [-0.2, -0.15) is 0 Å². The summed E-state index contributed by atoms with van der Waals surface area (Å²) in [6, 6.07) is 18.3. The highest BCUT2D eigenvalue weighted by atomic mass is 15.1. The van der Waals surface area contributed by atoms with Gasteiger partial charge in [0.15, 0.2) is 0 Å². The minimum absolute atomic E-state index is 1.02. The van der Waals surface area contributed by atoms with Crippen LogP contribution < -0.4 is 10.2 Å². The molecule has 0 saturated heterocycles. The number of nitrogens with zero attached hydrogens (tertiary/aromatic N) is 1. The zero-order chi connectivity index (χ0) is 15.1. The molecule has 0 atom stereocenters. The second-order valence-electron chi connectivity index (χ2n) is 5.14. The fourth-order valence-electron chi connectivity index (χ4n) is 2.44. The van der Waals surface area contributed by atoms with Crippen LogP contribution in [0.1, 0.15) is 27.2 Å². The maximum Gasteiger partial charge on any atom is 0.0372 e. The van der Waals surface area contributed by atoms with Crippen molar-refractivity contribution in [3.05, 3.63) is 48.5 Å². The van der Waals surface area contributed by atoms with Gasteiger partial charge in [0, 0.05) is 31.0 Å². The van der Waals surface area contributed by atoms with Crippen LogP contribution in [0.25, 0.3) is 11.1 Å². The second kappa shape index (κ2) is 7.72. The first-order valence-electron chi connectivity index (χ1n) is 7.89. The lowest BCUT2D eigenvalue weighted by Crippen LogP contribution is -2.21. The van der Waals surface area contributed by atoms with E-state index in [1.165, 1.54) is 16.9 Å². The standard InChI is InChI=1S/C19H25N2/c1-4-14-20-18-12-10-16(11-13-18)17-8-7-9-19(15-17)21(5-2)6-3/h7,9-13,15,20H,4-6,14H2,1-3H3. The summed E-state index contributed by atoms with van der Waals surface area (Å²) in [7, 11) is 0. The maximum atomic E-state index is 3.40. The normalized spacial score (nSPS) is 10.4. The van der Waals surface area contributed by atoms with Gasteiger partial charge < -0.3 is 10.2 Å². The van der Waals surface area contributed by atoms with Crippen molar-refractivity contribution in [1.29, 1.82) is 0 Å². The smallest absolute Gasteiger partial charge is 0.0372 e. The van der Waals surface area contributed by atoms with Gasteiger partial charge in [-0.3, -0.25) is 0 Å². The van der Waals surface area contributed by atoms with Gasteiger partial charge in [0.2, 0.25) is 0 Å². The quantitative estimate of drug-likeness (QED) is 0.782. The molecule has 0 spiro atoms. The molecular formula is C19H25N2. The second-order valence-corrected chi connectivity index (χ2v) is 5.14. The van der Waals surface area contributed by atoms with Crippen LogP contribution in [0.5, 0.6) is 0 Å². The molecule has 0 amide bonds. The van der Waals surface area contributed by atoms with Crippen molar-refractivity contribution in [3.8, 4) is 11.1 Å². The number of benzene rings is 2. The molecule has 2 rings (SSSR count). The molecule has 2 aromatic carbocycles. The monoisotopic (exact) mass is 281 g/mol. The van der Waals surface area contributed by atoms with Gasteiger partial charge in [-0.15, -0.1) is 0 Å². The zero-order valence-electron chi connectivity index (χ0n) is 13.3. The Labute approximate surface area is 128 Å². The van der Waals surface area contributed by atoms with Gasteiger partial charge in [-0.05, 0) is 61.7 Å². The molecule has 2 nitrogen and oxygen atoms in total. The van der Waals surface area contributed by atoms with Crippen molar-refractivity contribution in [2.45, 2.75) is 27.2 Å². The third kappa shape index (κ3) is 4.01. The summed E-state index contributed by atoms with van der Waals surface area (Å²) in [6.45, 7) is 9.62. The molecule has 0 heterocycles. The summed E-state index contributed by atoms with van der Waals surface area (Å²) in [5.41, 5.74) is 4.81. The Morgan fingerprint density at radius 3 is 2.33 bits per heavy atom. The third-order valence-corrected chi connectivity index (χ3v) is 3.69. The molecule has 2 heteroatoms. The molecule has 0 fully saturated rings. The van der Waals surface area contributed by atoms with Crippen molar-refractivity contribution in [1.82, 2.24) is 0 Å². The van der Waals surface area contributed by atoms with Crippen LogP contribution >= 0.6 is 0 Å². The first-order chi connectivity index (χ1) is 10.3. The lowest BCUT2D eigenvalue weighted by Gasteiger charge is -2.21. The molecule has 0 aliphatic rings. The van der Waals surface area contributed by atoms with E-state index in [1.807, 2.05) is 6.07 Å². The number of rotatable bonds is 7. The van der Waals surface area contributed by atoms with Crippen molar-refractivity contribution < 1.29 is 0 Å². The summed E-state index contributed by atoms with van der Waals surface area (Å²) < 4.78 is 0. The Kier molecular flexibility index (Phi) is 5.68. The van der Waals surface area contributed by atoms with Crippen molar-refractivity contribution in [2.75, 3.05) is 29.9 Å². The lowest BCUT2D eigenvalue weighted by molar-refractivity contribution is 0.866. The van der Waals surface area contributed by atoms with E-state index in [2.05, 4.69) is 73.5 Å². The average molecular weight is 281 g/mol. The van der Waals surface area contributed by atoms with Gasteiger partial charge in [0.25, 0.3) is 0 Å². The highest BCUT2D eigenvalue weighted by Gasteiger charge is 2.04. The Hall–Kier alpha value is -1.96. The summed E-state index contributed by atoms with van der Waals surface area (Å²) in [5.74, 6) is 0. The number of hydrogen-bond acceptors (Lipinski definition) is 2. The molecule has 0 bridgehead atoms. The average Bonchev–Trinajstić information content (AvgIpc) is 2.55. The zero-order valence-corrected chi connectivity index (χ0v) is 13.3. The fraction of sp³-hybridized carbons (Fsp3) is 0.368. The largest absolute Gasteiger partial charge is 0.385 e. The molecular weight excluding hydrogens is 256 g/mol. The van der Waals surface area contributed by atoms with Crippen LogP contribution in [0.4, 0.5) is 11.4 Å². The van der Waals surface area contributed by atoms with Crippen LogP contribution in [-0.4, -0.2) is 19.6 Å². The highest BCUT2D eigenvalue weighted by molar-refractivity contribution is 5.69. The van der Waals surface area contributed by atoms with Gasteiger partial charge >= 0.3 is 0 Å². The summed E-state index contributed by atoms with van der Waals surface area (Å²) >= 11 is 0. The van der Waals surface area contributed by atoms with Crippen molar-refractivity contribution >= 4 is 11.4 Å². The molecule has 0 saturated carbocycles. The van der Waals surface area contributed by atoms with E-state index in [9.17, 15) is 0 Å². The molecule has 0 unspecified atom stereocenters. The Morgan fingerprint density at radius 2 is 1.71 bits per heavy atom. The van der Waals surface area contributed by atoms with Crippen LogP contribution in [0.15, 0.2) is 42.5 Å². The van der Waals surface area contributed by atoms with E-state index >= 15 is 0 Å². The topological polar surface area (TPSA) is 15.3 Å². The predicted octanol–water partition coefficient (Wildman–Crippen LogP) is 4.82. The van der Waals surface area contributed by atoms with Crippen LogP contribution in [-0.2, 0) is 0 Å². The van der Waals surface area contributed by atoms with Gasteiger partial charge in [0.05, 0.1) is 0 Å². The number of anilines is 2. The van der Waals surface area contributed by atoms with E-state index in [4.69, 9.17) is 0 Å². The SMILES string of the molecule is CCCNc1ccc(-c2[c]ccc(N(CC)CC)c2)cc1. The van der Waals surface area contributed by atoms with E-state index in [1.54, 1.807) is 0 Å². The first kappa shape index (κ1) is 15.4. The minimum Gasteiger partial charge on any atom is -0.385 e. The van der Waals surface area contributed by atoms with E-state index in [-0.39, 0.29) is 0 Å². The predicted molar refractivity (Wildman–Crippen MR) is 93.1 cm³/mol. The first-order valence-corrected chi connectivity index (χ1v) is 7.89. The third-order valence-electron chi connectivity index (χ3n) is 3.69. The summed E-state index contributed by atoms with van der Waals surface area (Å²) in [5, 5.41) is 3.40. The van der Waals surface area contributed by atoms with Gasteiger partial charge in [-0.25, -0.2) is 0 Å². The molecule has 0 aliphatic heterocycles. The van der Waals surface area contributed by atoms with Gasteiger partial charge in [0.1, 0.15) is 0 Å². The maximum absolute atomic E-state index is 3.40. The number of nitrogens with one attached hydrogen (secondary N) is 1. The fourth-order valence-corrected chi connectivity index (χ4v) is 2.44.